The minimum atomic E-state index is -2.68. The number of carbonyl (C=O) groups is 2. The van der Waals surface area contributed by atoms with Gasteiger partial charge in [-0.1, -0.05) is 12.1 Å². The molecule has 3 heterocycles. The molecule has 2 aromatic heterocycles. The van der Waals surface area contributed by atoms with Crippen molar-refractivity contribution in [1.82, 2.24) is 19.1 Å². The molecular weight excluding hydrogens is 422 g/mol. The lowest BCUT2D eigenvalue weighted by molar-refractivity contribution is -0.117. The number of carbonyl (C=O) groups excluding carboxylic acids is 2. The normalized spacial score (nSPS) is 19.3. The Morgan fingerprint density at radius 1 is 1.13 bits per heavy atom. The summed E-state index contributed by atoms with van der Waals surface area (Å²) in [4.78, 5) is 26.6. The average molecular weight is 444 g/mol. The lowest BCUT2D eigenvalue weighted by Gasteiger charge is -2.18. The van der Waals surface area contributed by atoms with Crippen molar-refractivity contribution in [1.29, 1.82) is 0 Å². The van der Waals surface area contributed by atoms with E-state index in [9.17, 15) is 13.8 Å². The topological polar surface area (TPSA) is 97.5 Å². The Kier molecular flexibility index (Phi) is 6.05. The van der Waals surface area contributed by atoms with E-state index < -0.39 is 15.6 Å². The summed E-state index contributed by atoms with van der Waals surface area (Å²) in [5, 5.41) is 5.92. The van der Waals surface area contributed by atoms with Crippen LogP contribution in [0.3, 0.4) is 0 Å². The van der Waals surface area contributed by atoms with Gasteiger partial charge in [0.2, 0.25) is 0 Å². The summed E-state index contributed by atoms with van der Waals surface area (Å²) in [6, 6.07) is 11.0. The van der Waals surface area contributed by atoms with E-state index in [0.717, 1.165) is 11.3 Å². The standard InChI is InChI=1S/C20H21N5O3S2/c26-19(15-16-3-5-17(6-4-16)25-10-1-8-21-25)23-30(28)13-2-9-24(11-14-30)20(27)18-7-12-29-22-18/h1,3-8,10,12H,2,9,11,13-15H2. The van der Waals surface area contributed by atoms with Gasteiger partial charge >= 0.3 is 0 Å². The number of rotatable bonds is 4. The van der Waals surface area contributed by atoms with Crippen LogP contribution in [0.2, 0.25) is 0 Å². The van der Waals surface area contributed by atoms with Crippen molar-refractivity contribution < 1.29 is 13.8 Å². The smallest absolute Gasteiger partial charge is 0.273 e. The highest BCUT2D eigenvalue weighted by molar-refractivity contribution is 7.93. The summed E-state index contributed by atoms with van der Waals surface area (Å²) in [5.74, 6) is -0.0420. The summed E-state index contributed by atoms with van der Waals surface area (Å²) in [5.41, 5.74) is 2.10. The molecule has 8 nitrogen and oxygen atoms in total. The molecule has 10 heteroatoms. The highest BCUT2D eigenvalue weighted by Crippen LogP contribution is 2.14. The number of hydrogen-bond donors (Lipinski definition) is 0. The average Bonchev–Trinajstić information content (AvgIpc) is 3.42. The van der Waals surface area contributed by atoms with Crippen molar-refractivity contribution in [2.45, 2.75) is 12.8 Å². The van der Waals surface area contributed by atoms with Crippen LogP contribution in [-0.4, -0.2) is 59.7 Å². The van der Waals surface area contributed by atoms with Gasteiger partial charge < -0.3 is 4.90 Å². The van der Waals surface area contributed by atoms with Crippen LogP contribution in [0.1, 0.15) is 22.5 Å². The summed E-state index contributed by atoms with van der Waals surface area (Å²) in [6.45, 7) is 0.802. The van der Waals surface area contributed by atoms with Crippen LogP contribution < -0.4 is 0 Å². The van der Waals surface area contributed by atoms with E-state index in [4.69, 9.17) is 0 Å². The van der Waals surface area contributed by atoms with Crippen LogP contribution in [0.25, 0.3) is 5.69 Å². The molecular formula is C20H21N5O3S2. The fraction of sp³-hybridized carbons (Fsp3) is 0.300. The lowest BCUT2D eigenvalue weighted by Crippen LogP contribution is -2.33. The van der Waals surface area contributed by atoms with Gasteiger partial charge in [-0.2, -0.15) is 13.8 Å². The van der Waals surface area contributed by atoms with Crippen molar-refractivity contribution >= 4 is 33.1 Å². The molecule has 4 rings (SSSR count). The quantitative estimate of drug-likeness (QED) is 0.617. The fourth-order valence-corrected chi connectivity index (χ4v) is 5.72. The Morgan fingerprint density at radius 2 is 1.97 bits per heavy atom. The van der Waals surface area contributed by atoms with Crippen LogP contribution >= 0.6 is 11.5 Å². The first-order chi connectivity index (χ1) is 14.5. The van der Waals surface area contributed by atoms with Crippen molar-refractivity contribution in [3.8, 4) is 5.69 Å². The van der Waals surface area contributed by atoms with Crippen LogP contribution in [0.4, 0.5) is 0 Å². The van der Waals surface area contributed by atoms with Gasteiger partial charge in [0.15, 0.2) is 0 Å². The minimum absolute atomic E-state index is 0.0951. The Labute approximate surface area is 178 Å². The summed E-state index contributed by atoms with van der Waals surface area (Å²) in [6.07, 6.45) is 4.18. The van der Waals surface area contributed by atoms with E-state index >= 15 is 0 Å². The van der Waals surface area contributed by atoms with E-state index in [1.165, 1.54) is 11.5 Å². The van der Waals surface area contributed by atoms with Gasteiger partial charge in [0.05, 0.1) is 21.8 Å². The third-order valence-electron chi connectivity index (χ3n) is 4.84. The molecule has 0 N–H and O–H groups in total. The zero-order chi connectivity index (χ0) is 21.0. The third kappa shape index (κ3) is 4.82. The van der Waals surface area contributed by atoms with Crippen LogP contribution in [-0.2, 0) is 20.9 Å². The van der Waals surface area contributed by atoms with Crippen molar-refractivity contribution in [3.05, 3.63) is 65.4 Å². The molecule has 3 aromatic rings. The molecule has 1 aromatic carbocycles. The van der Waals surface area contributed by atoms with E-state index in [-0.39, 0.29) is 18.1 Å². The largest absolute Gasteiger partial charge is 0.336 e. The predicted molar refractivity (Wildman–Crippen MR) is 115 cm³/mol. The highest BCUT2D eigenvalue weighted by Gasteiger charge is 2.24. The molecule has 0 bridgehead atoms. The van der Waals surface area contributed by atoms with Gasteiger partial charge in [0.25, 0.3) is 11.8 Å². The van der Waals surface area contributed by atoms with Crippen molar-refractivity contribution in [2.24, 2.45) is 4.36 Å². The molecule has 2 amide bonds. The fourth-order valence-electron chi connectivity index (χ4n) is 3.31. The summed E-state index contributed by atoms with van der Waals surface area (Å²) >= 11 is 1.22. The maximum absolute atomic E-state index is 13.1. The van der Waals surface area contributed by atoms with Gasteiger partial charge in [0, 0.05) is 42.4 Å². The molecule has 0 radical (unpaired) electrons. The first-order valence-corrected chi connectivity index (χ1v) is 12.3. The summed E-state index contributed by atoms with van der Waals surface area (Å²) < 4.78 is 23.0. The second-order valence-electron chi connectivity index (χ2n) is 6.99. The maximum Gasteiger partial charge on any atom is 0.273 e. The van der Waals surface area contributed by atoms with Gasteiger partial charge in [-0.3, -0.25) is 9.59 Å². The van der Waals surface area contributed by atoms with Gasteiger partial charge in [-0.25, -0.2) is 8.89 Å². The molecule has 0 aliphatic carbocycles. The van der Waals surface area contributed by atoms with Crippen molar-refractivity contribution in [3.63, 3.8) is 0 Å². The van der Waals surface area contributed by atoms with E-state index in [1.54, 1.807) is 27.2 Å². The number of aromatic nitrogens is 3. The van der Waals surface area contributed by atoms with Crippen LogP contribution in [0, 0.1) is 0 Å². The third-order valence-corrected chi connectivity index (χ3v) is 7.69. The molecule has 0 saturated carbocycles. The summed E-state index contributed by atoms with van der Waals surface area (Å²) in [7, 11) is -2.68. The van der Waals surface area contributed by atoms with Crippen LogP contribution in [0.5, 0.6) is 0 Å². The SMILES string of the molecule is O=C(Cc1ccc(-n2cccn2)cc1)N=S1(=O)CCCN(C(=O)c2ccsn2)CC1. The van der Waals surface area contributed by atoms with Gasteiger partial charge in [-0.05, 0) is 47.8 Å². The molecule has 0 spiro atoms. The molecule has 156 valence electrons. The Bertz CT molecular complexity index is 1130. The second-order valence-corrected chi connectivity index (χ2v) is 10.2. The molecule has 1 aliphatic rings. The van der Waals surface area contributed by atoms with Crippen molar-refractivity contribution in [2.75, 3.05) is 24.6 Å². The van der Waals surface area contributed by atoms with Gasteiger partial charge in [0.1, 0.15) is 5.69 Å². The zero-order valence-corrected chi connectivity index (χ0v) is 17.8. The van der Waals surface area contributed by atoms with E-state index in [2.05, 4.69) is 13.8 Å². The first kappa shape index (κ1) is 20.4. The Morgan fingerprint density at radius 3 is 2.67 bits per heavy atom. The molecule has 30 heavy (non-hydrogen) atoms. The maximum atomic E-state index is 13.1. The van der Waals surface area contributed by atoms with E-state index in [0.29, 0.717) is 31.0 Å². The van der Waals surface area contributed by atoms with Gasteiger partial charge in [-0.15, -0.1) is 0 Å². The molecule has 1 fully saturated rings. The molecule has 1 aliphatic heterocycles. The molecule has 1 atom stereocenters. The monoisotopic (exact) mass is 443 g/mol. The lowest BCUT2D eigenvalue weighted by atomic mass is 10.1. The van der Waals surface area contributed by atoms with E-state index in [1.807, 2.05) is 36.5 Å². The predicted octanol–water partition coefficient (Wildman–Crippen LogP) is 2.41. The number of amides is 2. The zero-order valence-electron chi connectivity index (χ0n) is 16.2. The number of benzene rings is 1. The Hall–Kier alpha value is -2.85. The highest BCUT2D eigenvalue weighted by atomic mass is 32.2. The minimum Gasteiger partial charge on any atom is -0.336 e. The Balaban J connectivity index is 1.40. The van der Waals surface area contributed by atoms with Crippen LogP contribution in [0.15, 0.2) is 58.5 Å². The number of nitrogens with zero attached hydrogens (tertiary/aromatic N) is 5. The number of hydrogen-bond acceptors (Lipinski definition) is 6. The molecule has 1 saturated heterocycles. The first-order valence-electron chi connectivity index (χ1n) is 9.56. The second kappa shape index (κ2) is 8.88. The molecule has 1 unspecified atom stereocenters.